The number of ether oxygens (including phenoxy) is 1. The first-order valence-electron chi connectivity index (χ1n) is 8.23. The summed E-state index contributed by atoms with van der Waals surface area (Å²) in [5.41, 5.74) is 2.13. The smallest absolute Gasteiger partial charge is 0.389 e. The molecule has 1 aliphatic carbocycles. The van der Waals surface area contributed by atoms with Crippen LogP contribution < -0.4 is 4.74 Å². The number of benzene rings is 1. The number of ketones is 1. The minimum absolute atomic E-state index is 0.0706. The fourth-order valence-corrected chi connectivity index (χ4v) is 3.92. The Morgan fingerprint density at radius 3 is 2.42 bits per heavy atom. The molecule has 1 unspecified atom stereocenters. The number of hydrogen-bond donors (Lipinski definition) is 0. The maximum atomic E-state index is 12.7. The second-order valence-electron chi connectivity index (χ2n) is 7.47. The van der Waals surface area contributed by atoms with Crippen molar-refractivity contribution in [3.05, 3.63) is 28.8 Å². The molecular formula is C19H25F3O2. The molecule has 0 bridgehead atoms. The van der Waals surface area contributed by atoms with Crippen LogP contribution in [0.15, 0.2) is 12.1 Å². The molecule has 2 nitrogen and oxygen atoms in total. The fraction of sp³-hybridized carbons (Fsp3) is 0.632. The van der Waals surface area contributed by atoms with E-state index in [0.717, 1.165) is 11.1 Å². The van der Waals surface area contributed by atoms with Gasteiger partial charge in [0.25, 0.3) is 0 Å². The lowest BCUT2D eigenvalue weighted by Gasteiger charge is -2.50. The van der Waals surface area contributed by atoms with Crippen LogP contribution in [0.25, 0.3) is 0 Å². The average Bonchev–Trinajstić information content (AvgIpc) is 2.40. The maximum absolute atomic E-state index is 12.7. The molecular weight excluding hydrogens is 317 g/mol. The van der Waals surface area contributed by atoms with Gasteiger partial charge in [0, 0.05) is 6.42 Å². The highest BCUT2D eigenvalue weighted by molar-refractivity contribution is 5.98. The molecule has 0 spiro atoms. The summed E-state index contributed by atoms with van der Waals surface area (Å²) < 4.78 is 43.4. The van der Waals surface area contributed by atoms with E-state index in [1.807, 2.05) is 26.0 Å². The SMILES string of the molecule is COc1cc(C)cc(C2CC(C)(C(C)CC(F)(F)F)C2)c1C(C)=O. The van der Waals surface area contributed by atoms with E-state index >= 15 is 0 Å². The molecule has 2 rings (SSSR count). The zero-order chi connectivity index (χ0) is 18.3. The zero-order valence-corrected chi connectivity index (χ0v) is 14.9. The van der Waals surface area contributed by atoms with Crippen LogP contribution in [0.1, 0.15) is 67.4 Å². The number of alkyl halides is 3. The largest absolute Gasteiger partial charge is 0.496 e. The standard InChI is InChI=1S/C19H25F3O2/c1-11-6-15(17(13(3)23)16(7-11)24-5)14-9-18(4,10-14)12(2)8-19(20,21)22/h6-7,12,14H,8-10H2,1-5H3. The van der Waals surface area contributed by atoms with Crippen LogP contribution in [-0.4, -0.2) is 19.1 Å². The van der Waals surface area contributed by atoms with E-state index in [0.29, 0.717) is 24.2 Å². The Bertz CT molecular complexity index is 628. The van der Waals surface area contributed by atoms with Crippen molar-refractivity contribution >= 4 is 5.78 Å². The predicted molar refractivity (Wildman–Crippen MR) is 87.7 cm³/mol. The van der Waals surface area contributed by atoms with Crippen molar-refractivity contribution in [3.8, 4) is 5.75 Å². The lowest BCUT2D eigenvalue weighted by atomic mass is 9.55. The average molecular weight is 342 g/mol. The van der Waals surface area contributed by atoms with Crippen LogP contribution in [0.4, 0.5) is 13.2 Å². The van der Waals surface area contributed by atoms with Crippen molar-refractivity contribution in [2.75, 3.05) is 7.11 Å². The molecule has 1 aromatic rings. The third kappa shape index (κ3) is 3.76. The molecule has 0 heterocycles. The van der Waals surface area contributed by atoms with Crippen molar-refractivity contribution in [2.24, 2.45) is 11.3 Å². The van der Waals surface area contributed by atoms with Crippen molar-refractivity contribution in [3.63, 3.8) is 0 Å². The highest BCUT2D eigenvalue weighted by Gasteiger charge is 2.48. The van der Waals surface area contributed by atoms with Crippen LogP contribution in [0.5, 0.6) is 5.75 Å². The highest BCUT2D eigenvalue weighted by atomic mass is 19.4. The van der Waals surface area contributed by atoms with Gasteiger partial charge in [-0.3, -0.25) is 4.79 Å². The third-order valence-electron chi connectivity index (χ3n) is 5.44. The minimum Gasteiger partial charge on any atom is -0.496 e. The Balaban J connectivity index is 2.24. The first kappa shape index (κ1) is 18.8. The molecule has 0 N–H and O–H groups in total. The molecule has 1 atom stereocenters. The Morgan fingerprint density at radius 1 is 1.38 bits per heavy atom. The van der Waals surface area contributed by atoms with Crippen LogP contribution in [0.2, 0.25) is 0 Å². The van der Waals surface area contributed by atoms with E-state index in [-0.39, 0.29) is 17.1 Å². The van der Waals surface area contributed by atoms with E-state index < -0.39 is 18.5 Å². The summed E-state index contributed by atoms with van der Waals surface area (Å²) in [6, 6.07) is 3.79. The Labute approximate surface area is 141 Å². The molecule has 24 heavy (non-hydrogen) atoms. The molecule has 0 amide bonds. The Hall–Kier alpha value is -1.52. The lowest BCUT2D eigenvalue weighted by Crippen LogP contribution is -2.40. The molecule has 1 saturated carbocycles. The van der Waals surface area contributed by atoms with Gasteiger partial charge in [0.05, 0.1) is 12.7 Å². The first-order valence-corrected chi connectivity index (χ1v) is 8.23. The van der Waals surface area contributed by atoms with Gasteiger partial charge in [0.1, 0.15) is 5.75 Å². The summed E-state index contributed by atoms with van der Waals surface area (Å²) in [7, 11) is 1.53. The van der Waals surface area contributed by atoms with Crippen LogP contribution in [0, 0.1) is 18.3 Å². The lowest BCUT2D eigenvalue weighted by molar-refractivity contribution is -0.158. The van der Waals surface area contributed by atoms with Crippen LogP contribution in [0.3, 0.4) is 0 Å². The number of carbonyl (C=O) groups excluding carboxylic acids is 1. The molecule has 0 aromatic heterocycles. The van der Waals surface area contributed by atoms with E-state index in [4.69, 9.17) is 4.74 Å². The van der Waals surface area contributed by atoms with E-state index in [1.165, 1.54) is 14.0 Å². The van der Waals surface area contributed by atoms with E-state index in [9.17, 15) is 18.0 Å². The van der Waals surface area contributed by atoms with Crippen LogP contribution in [-0.2, 0) is 0 Å². The van der Waals surface area contributed by atoms with Gasteiger partial charge in [-0.15, -0.1) is 0 Å². The monoisotopic (exact) mass is 342 g/mol. The molecule has 0 saturated heterocycles. The summed E-state index contributed by atoms with van der Waals surface area (Å²) >= 11 is 0. The summed E-state index contributed by atoms with van der Waals surface area (Å²) in [5, 5.41) is 0. The van der Waals surface area contributed by atoms with Gasteiger partial charge in [0.15, 0.2) is 5.78 Å². The van der Waals surface area contributed by atoms with E-state index in [1.54, 1.807) is 6.92 Å². The number of methoxy groups -OCH3 is 1. The second kappa shape index (κ2) is 6.41. The number of halogens is 3. The predicted octanol–water partition coefficient (Wildman–Crippen LogP) is 5.68. The van der Waals surface area contributed by atoms with Gasteiger partial charge in [-0.1, -0.05) is 19.9 Å². The topological polar surface area (TPSA) is 26.3 Å². The first-order chi connectivity index (χ1) is 11.0. The Kier molecular flexibility index (Phi) is 5.03. The van der Waals surface area contributed by atoms with Gasteiger partial charge in [-0.25, -0.2) is 0 Å². The fourth-order valence-electron chi connectivity index (χ4n) is 3.92. The number of carbonyl (C=O) groups is 1. The molecule has 1 aromatic carbocycles. The Morgan fingerprint density at radius 2 is 1.96 bits per heavy atom. The molecule has 0 radical (unpaired) electrons. The van der Waals surface area contributed by atoms with Crippen molar-refractivity contribution < 1.29 is 22.7 Å². The zero-order valence-electron chi connectivity index (χ0n) is 14.9. The van der Waals surface area contributed by atoms with E-state index in [2.05, 4.69) is 0 Å². The van der Waals surface area contributed by atoms with Gasteiger partial charge in [-0.2, -0.15) is 13.2 Å². The molecule has 0 aliphatic heterocycles. The van der Waals surface area contributed by atoms with Crippen molar-refractivity contribution in [2.45, 2.75) is 59.1 Å². The summed E-state index contributed by atoms with van der Waals surface area (Å²) in [6.45, 7) is 7.02. The maximum Gasteiger partial charge on any atom is 0.389 e. The number of Topliss-reactive ketones (excluding diaryl/α,β-unsaturated/α-hetero) is 1. The summed E-state index contributed by atoms with van der Waals surface area (Å²) in [6.07, 6.45) is -3.56. The molecule has 1 fully saturated rings. The van der Waals surface area contributed by atoms with Gasteiger partial charge >= 0.3 is 6.18 Å². The number of hydrogen-bond acceptors (Lipinski definition) is 2. The van der Waals surface area contributed by atoms with Gasteiger partial charge < -0.3 is 4.74 Å². The molecule has 5 heteroatoms. The normalized spacial score (nSPS) is 25.1. The second-order valence-corrected chi connectivity index (χ2v) is 7.47. The number of rotatable bonds is 5. The molecule has 1 aliphatic rings. The highest BCUT2D eigenvalue weighted by Crippen LogP contribution is 2.57. The summed E-state index contributed by atoms with van der Waals surface area (Å²) in [5.74, 6) is 0.160. The number of aryl methyl sites for hydroxylation is 1. The van der Waals surface area contributed by atoms with Crippen molar-refractivity contribution in [1.29, 1.82) is 0 Å². The minimum atomic E-state index is -4.13. The quantitative estimate of drug-likeness (QED) is 0.644. The third-order valence-corrected chi connectivity index (χ3v) is 5.44. The van der Waals surface area contributed by atoms with Crippen LogP contribution >= 0.6 is 0 Å². The van der Waals surface area contributed by atoms with Gasteiger partial charge in [-0.05, 0) is 61.1 Å². The van der Waals surface area contributed by atoms with Crippen molar-refractivity contribution in [1.82, 2.24) is 0 Å². The summed E-state index contributed by atoms with van der Waals surface area (Å²) in [4.78, 5) is 12.1. The van der Waals surface area contributed by atoms with Gasteiger partial charge in [0.2, 0.25) is 0 Å². The molecule has 134 valence electrons.